The van der Waals surface area contributed by atoms with Gasteiger partial charge >= 0.3 is 0 Å². The van der Waals surface area contributed by atoms with Gasteiger partial charge in [-0.3, -0.25) is 14.5 Å². The van der Waals surface area contributed by atoms with Gasteiger partial charge in [0.05, 0.1) is 13.2 Å². The molecule has 0 bridgehead atoms. The lowest BCUT2D eigenvalue weighted by molar-refractivity contribution is -0.132. The minimum atomic E-state index is -0.658. The smallest absolute Gasteiger partial charge is 0.239 e. The number of hydrogen-bond donors (Lipinski definition) is 1. The first-order chi connectivity index (χ1) is 12.1. The van der Waals surface area contributed by atoms with E-state index in [9.17, 15) is 14.0 Å². The Hall–Kier alpha value is -1.99. The molecule has 0 spiro atoms. The predicted octanol–water partition coefficient (Wildman–Crippen LogP) is 0.935. The Labute approximate surface area is 146 Å². The normalized spacial score (nSPS) is 21.6. The van der Waals surface area contributed by atoms with Crippen molar-refractivity contribution in [3.63, 3.8) is 0 Å². The Kier molecular flexibility index (Phi) is 5.65. The molecule has 0 unspecified atom stereocenters. The average molecular weight is 349 g/mol. The van der Waals surface area contributed by atoms with E-state index in [2.05, 4.69) is 10.2 Å². The molecule has 0 saturated carbocycles. The molecule has 0 radical (unpaired) electrons. The number of hydrogen-bond acceptors (Lipinski definition) is 4. The lowest BCUT2D eigenvalue weighted by atomic mass is 10.1. The quantitative estimate of drug-likeness (QED) is 0.804. The van der Waals surface area contributed by atoms with E-state index in [0.29, 0.717) is 30.8 Å². The molecule has 7 heteroatoms. The lowest BCUT2D eigenvalue weighted by Crippen LogP contribution is -2.43. The Morgan fingerprint density at radius 1 is 1.32 bits per heavy atom. The molecule has 0 aliphatic carbocycles. The van der Waals surface area contributed by atoms with Crippen molar-refractivity contribution in [2.45, 2.75) is 13.3 Å². The van der Waals surface area contributed by atoms with Crippen LogP contribution in [0.5, 0.6) is 0 Å². The topological polar surface area (TPSA) is 61.9 Å². The predicted molar refractivity (Wildman–Crippen MR) is 91.9 cm³/mol. The van der Waals surface area contributed by atoms with Crippen LogP contribution in [0.25, 0.3) is 0 Å². The first-order valence-corrected chi connectivity index (χ1v) is 8.71. The maximum atomic E-state index is 13.2. The third-order valence-corrected chi connectivity index (χ3v) is 4.80. The number of aryl methyl sites for hydroxylation is 1. The zero-order valence-electron chi connectivity index (χ0n) is 14.5. The van der Waals surface area contributed by atoms with Crippen LogP contribution in [0, 0.1) is 18.7 Å². The average Bonchev–Trinajstić information content (AvgIpc) is 2.97. The molecule has 2 heterocycles. The van der Waals surface area contributed by atoms with Gasteiger partial charge in [0.2, 0.25) is 11.8 Å². The van der Waals surface area contributed by atoms with Crippen molar-refractivity contribution in [2.75, 3.05) is 50.8 Å². The third kappa shape index (κ3) is 4.16. The number of anilines is 1. The summed E-state index contributed by atoms with van der Waals surface area (Å²) >= 11 is 0. The van der Waals surface area contributed by atoms with Crippen LogP contribution in [0.4, 0.5) is 10.1 Å². The molecule has 0 aromatic heterocycles. The van der Waals surface area contributed by atoms with Gasteiger partial charge in [0.15, 0.2) is 0 Å². The summed E-state index contributed by atoms with van der Waals surface area (Å²) in [5, 5.41) is 2.87. The molecule has 2 aliphatic heterocycles. The van der Waals surface area contributed by atoms with Gasteiger partial charge in [-0.25, -0.2) is 4.39 Å². The van der Waals surface area contributed by atoms with Crippen LogP contribution in [-0.4, -0.2) is 62.7 Å². The van der Waals surface area contributed by atoms with Crippen molar-refractivity contribution in [1.29, 1.82) is 0 Å². The van der Waals surface area contributed by atoms with E-state index in [1.165, 1.54) is 12.1 Å². The molecule has 1 aromatic rings. The van der Waals surface area contributed by atoms with Gasteiger partial charge in [-0.2, -0.15) is 0 Å². The number of amides is 2. The first kappa shape index (κ1) is 17.8. The first-order valence-electron chi connectivity index (χ1n) is 8.71. The number of nitrogens with zero attached hydrogens (tertiary/aromatic N) is 2. The fraction of sp³-hybridized carbons (Fsp3) is 0.556. The van der Waals surface area contributed by atoms with Crippen LogP contribution >= 0.6 is 0 Å². The summed E-state index contributed by atoms with van der Waals surface area (Å²) in [6, 6.07) is 4.34. The summed E-state index contributed by atoms with van der Waals surface area (Å²) in [7, 11) is 0. The molecule has 2 aliphatic rings. The highest BCUT2D eigenvalue weighted by Gasteiger charge is 2.37. The number of benzene rings is 1. The third-order valence-electron chi connectivity index (χ3n) is 4.80. The molecular formula is C18H24FN3O3. The van der Waals surface area contributed by atoms with E-state index in [0.717, 1.165) is 32.8 Å². The van der Waals surface area contributed by atoms with E-state index in [4.69, 9.17) is 4.74 Å². The maximum Gasteiger partial charge on any atom is 0.239 e. The number of nitrogens with one attached hydrogen (secondary N) is 1. The van der Waals surface area contributed by atoms with Gasteiger partial charge in [-0.1, -0.05) is 0 Å². The highest BCUT2D eigenvalue weighted by atomic mass is 19.1. The van der Waals surface area contributed by atoms with Crippen molar-refractivity contribution in [2.24, 2.45) is 5.92 Å². The zero-order valence-corrected chi connectivity index (χ0v) is 14.5. The fourth-order valence-electron chi connectivity index (χ4n) is 3.37. The molecule has 1 atom stereocenters. The molecule has 1 N–H and O–H groups in total. The standard InChI is InChI=1S/C18H24FN3O3/c1-13-12-14(19)2-3-16(13)22-6-4-15(18(22)24)17(23)20-5-7-21-8-10-25-11-9-21/h2-3,12,15H,4-11H2,1H3,(H,20,23)/t15-/m0/s1. The van der Waals surface area contributed by atoms with Crippen LogP contribution < -0.4 is 10.2 Å². The SMILES string of the molecule is Cc1cc(F)ccc1N1CC[C@@H](C(=O)NCCN2CCOCC2)C1=O. The van der Waals surface area contributed by atoms with Crippen molar-refractivity contribution < 1.29 is 18.7 Å². The molecule has 6 nitrogen and oxygen atoms in total. The lowest BCUT2D eigenvalue weighted by Gasteiger charge is -2.26. The summed E-state index contributed by atoms with van der Waals surface area (Å²) in [5.74, 6) is -1.42. The van der Waals surface area contributed by atoms with Crippen molar-refractivity contribution in [3.8, 4) is 0 Å². The summed E-state index contributed by atoms with van der Waals surface area (Å²) in [6.07, 6.45) is 0.485. The number of halogens is 1. The van der Waals surface area contributed by atoms with E-state index in [-0.39, 0.29) is 17.6 Å². The summed E-state index contributed by atoms with van der Waals surface area (Å²) in [4.78, 5) is 28.8. The van der Waals surface area contributed by atoms with Crippen LogP contribution in [0.1, 0.15) is 12.0 Å². The number of morpholine rings is 1. The number of carbonyl (C=O) groups is 2. The maximum absolute atomic E-state index is 13.2. The van der Waals surface area contributed by atoms with Crippen LogP contribution in [0.3, 0.4) is 0 Å². The fourth-order valence-corrected chi connectivity index (χ4v) is 3.37. The molecule has 136 valence electrons. The van der Waals surface area contributed by atoms with Gasteiger partial charge in [-0.05, 0) is 37.1 Å². The van der Waals surface area contributed by atoms with Gasteiger partial charge in [-0.15, -0.1) is 0 Å². The van der Waals surface area contributed by atoms with E-state index >= 15 is 0 Å². The summed E-state index contributed by atoms with van der Waals surface area (Å²) in [6.45, 7) is 6.72. The zero-order chi connectivity index (χ0) is 17.8. The summed E-state index contributed by atoms with van der Waals surface area (Å²) < 4.78 is 18.5. The Bertz CT molecular complexity index is 646. The highest BCUT2D eigenvalue weighted by Crippen LogP contribution is 2.28. The number of carbonyl (C=O) groups excluding carboxylic acids is 2. The van der Waals surface area contributed by atoms with E-state index < -0.39 is 5.92 Å². The van der Waals surface area contributed by atoms with E-state index in [1.54, 1.807) is 17.9 Å². The van der Waals surface area contributed by atoms with Gasteiger partial charge in [0.1, 0.15) is 11.7 Å². The molecule has 2 fully saturated rings. The van der Waals surface area contributed by atoms with E-state index in [1.807, 2.05) is 0 Å². The van der Waals surface area contributed by atoms with Gasteiger partial charge in [0, 0.05) is 38.4 Å². The van der Waals surface area contributed by atoms with Crippen molar-refractivity contribution in [1.82, 2.24) is 10.2 Å². The molecular weight excluding hydrogens is 325 g/mol. The molecule has 25 heavy (non-hydrogen) atoms. The largest absolute Gasteiger partial charge is 0.379 e. The van der Waals surface area contributed by atoms with Crippen LogP contribution in [-0.2, 0) is 14.3 Å². The van der Waals surface area contributed by atoms with Gasteiger partial charge in [0.25, 0.3) is 0 Å². The molecule has 2 amide bonds. The highest BCUT2D eigenvalue weighted by molar-refractivity contribution is 6.09. The Morgan fingerprint density at radius 3 is 2.80 bits per heavy atom. The second-order valence-corrected chi connectivity index (χ2v) is 6.51. The minimum absolute atomic E-state index is 0.210. The number of rotatable bonds is 5. The summed E-state index contributed by atoms with van der Waals surface area (Å²) in [5.41, 5.74) is 1.37. The van der Waals surface area contributed by atoms with Crippen LogP contribution in [0.15, 0.2) is 18.2 Å². The molecule has 2 saturated heterocycles. The molecule has 3 rings (SSSR count). The number of ether oxygens (including phenoxy) is 1. The van der Waals surface area contributed by atoms with Gasteiger partial charge < -0.3 is 15.0 Å². The van der Waals surface area contributed by atoms with Crippen LogP contribution in [0.2, 0.25) is 0 Å². The Balaban J connectivity index is 1.53. The monoisotopic (exact) mass is 349 g/mol. The minimum Gasteiger partial charge on any atom is -0.379 e. The second kappa shape index (κ2) is 7.93. The Morgan fingerprint density at radius 2 is 2.08 bits per heavy atom. The van der Waals surface area contributed by atoms with Crippen molar-refractivity contribution in [3.05, 3.63) is 29.6 Å². The molecule has 1 aromatic carbocycles. The second-order valence-electron chi connectivity index (χ2n) is 6.51. The van der Waals surface area contributed by atoms with Crippen molar-refractivity contribution >= 4 is 17.5 Å².